The van der Waals surface area contributed by atoms with E-state index in [4.69, 9.17) is 10.5 Å². The standard InChI is InChI=1S/C13H17N5O/c1-18-8-10(6-17-18)9-4-12(13(14)16-5-9)19-11-2-3-15-7-11/h4-6,8,11,15H,2-3,7H2,1H3,(H2,14,16)/t11-/m1/s1. The van der Waals surface area contributed by atoms with Gasteiger partial charge in [0.25, 0.3) is 0 Å². The summed E-state index contributed by atoms with van der Waals surface area (Å²) in [5, 5.41) is 7.42. The summed E-state index contributed by atoms with van der Waals surface area (Å²) in [6.07, 6.45) is 6.65. The van der Waals surface area contributed by atoms with Crippen LogP contribution in [0.4, 0.5) is 5.82 Å². The lowest BCUT2D eigenvalue weighted by molar-refractivity contribution is 0.224. The predicted octanol–water partition coefficient (Wildman–Crippen LogP) is 0.805. The van der Waals surface area contributed by atoms with Gasteiger partial charge in [-0.15, -0.1) is 0 Å². The molecule has 1 aliphatic heterocycles. The lowest BCUT2D eigenvalue weighted by Crippen LogP contribution is -2.20. The van der Waals surface area contributed by atoms with Crippen LogP contribution in [0.3, 0.4) is 0 Å². The molecule has 3 rings (SSSR count). The van der Waals surface area contributed by atoms with Crippen molar-refractivity contribution < 1.29 is 4.74 Å². The molecule has 0 unspecified atom stereocenters. The second-order valence-electron chi connectivity index (χ2n) is 4.74. The van der Waals surface area contributed by atoms with Crippen LogP contribution in [0, 0.1) is 0 Å². The van der Waals surface area contributed by atoms with Crippen molar-refractivity contribution in [3.05, 3.63) is 24.7 Å². The number of rotatable bonds is 3. The maximum absolute atomic E-state index is 5.90. The summed E-state index contributed by atoms with van der Waals surface area (Å²) in [7, 11) is 1.88. The number of aromatic nitrogens is 3. The molecule has 0 saturated carbocycles. The van der Waals surface area contributed by atoms with Gasteiger partial charge < -0.3 is 15.8 Å². The quantitative estimate of drug-likeness (QED) is 0.852. The number of hydrogen-bond acceptors (Lipinski definition) is 5. The number of aryl methyl sites for hydroxylation is 1. The molecule has 2 aromatic heterocycles. The molecule has 0 spiro atoms. The minimum absolute atomic E-state index is 0.174. The van der Waals surface area contributed by atoms with Crippen molar-refractivity contribution in [1.82, 2.24) is 20.1 Å². The Morgan fingerprint density at radius 2 is 2.32 bits per heavy atom. The highest BCUT2D eigenvalue weighted by atomic mass is 16.5. The zero-order valence-electron chi connectivity index (χ0n) is 10.8. The Morgan fingerprint density at radius 1 is 1.42 bits per heavy atom. The molecule has 19 heavy (non-hydrogen) atoms. The summed E-state index contributed by atoms with van der Waals surface area (Å²) in [4.78, 5) is 4.20. The van der Waals surface area contributed by atoms with Crippen molar-refractivity contribution in [2.75, 3.05) is 18.8 Å². The zero-order chi connectivity index (χ0) is 13.2. The molecule has 6 heteroatoms. The van der Waals surface area contributed by atoms with Crippen LogP contribution >= 0.6 is 0 Å². The van der Waals surface area contributed by atoms with Crippen molar-refractivity contribution in [2.45, 2.75) is 12.5 Å². The van der Waals surface area contributed by atoms with Gasteiger partial charge in [0, 0.05) is 37.1 Å². The zero-order valence-corrected chi connectivity index (χ0v) is 10.8. The fourth-order valence-electron chi connectivity index (χ4n) is 2.19. The number of pyridine rings is 1. The summed E-state index contributed by atoms with van der Waals surface area (Å²) in [6.45, 7) is 1.84. The second kappa shape index (κ2) is 4.89. The fraction of sp³-hybridized carbons (Fsp3) is 0.385. The number of ether oxygens (including phenoxy) is 1. The smallest absolute Gasteiger partial charge is 0.166 e. The third-order valence-corrected chi connectivity index (χ3v) is 3.23. The van der Waals surface area contributed by atoms with Crippen LogP contribution in [0.5, 0.6) is 5.75 Å². The lowest BCUT2D eigenvalue weighted by atomic mass is 10.1. The van der Waals surface area contributed by atoms with Crippen LogP contribution in [-0.2, 0) is 7.05 Å². The van der Waals surface area contributed by atoms with Crippen molar-refractivity contribution in [3.63, 3.8) is 0 Å². The van der Waals surface area contributed by atoms with E-state index in [0.717, 1.165) is 30.6 Å². The van der Waals surface area contributed by atoms with E-state index in [1.54, 1.807) is 17.1 Å². The van der Waals surface area contributed by atoms with Crippen LogP contribution in [-0.4, -0.2) is 34.0 Å². The van der Waals surface area contributed by atoms with Gasteiger partial charge in [-0.3, -0.25) is 4.68 Å². The molecule has 0 aliphatic carbocycles. The summed E-state index contributed by atoms with van der Waals surface area (Å²) < 4.78 is 7.65. The van der Waals surface area contributed by atoms with E-state index in [9.17, 15) is 0 Å². The van der Waals surface area contributed by atoms with Gasteiger partial charge in [0.05, 0.1) is 6.20 Å². The third-order valence-electron chi connectivity index (χ3n) is 3.23. The summed E-state index contributed by atoms with van der Waals surface area (Å²) in [6, 6.07) is 1.93. The minimum atomic E-state index is 0.174. The maximum Gasteiger partial charge on any atom is 0.166 e. The summed E-state index contributed by atoms with van der Waals surface area (Å²) in [5.41, 5.74) is 7.84. The normalized spacial score (nSPS) is 18.7. The van der Waals surface area contributed by atoms with Crippen molar-refractivity contribution in [2.24, 2.45) is 7.05 Å². The first kappa shape index (κ1) is 12.0. The Hall–Kier alpha value is -2.08. The highest BCUT2D eigenvalue weighted by Gasteiger charge is 2.18. The van der Waals surface area contributed by atoms with Crippen molar-refractivity contribution >= 4 is 5.82 Å². The molecular weight excluding hydrogens is 242 g/mol. The van der Waals surface area contributed by atoms with Gasteiger partial charge in [-0.1, -0.05) is 0 Å². The van der Waals surface area contributed by atoms with E-state index in [2.05, 4.69) is 15.4 Å². The molecule has 6 nitrogen and oxygen atoms in total. The maximum atomic E-state index is 5.90. The van der Waals surface area contributed by atoms with Gasteiger partial charge in [-0.25, -0.2) is 4.98 Å². The first-order valence-electron chi connectivity index (χ1n) is 6.34. The van der Waals surface area contributed by atoms with Crippen LogP contribution in [0.1, 0.15) is 6.42 Å². The number of nitrogen functional groups attached to an aromatic ring is 1. The third kappa shape index (κ3) is 2.53. The molecule has 1 saturated heterocycles. The molecule has 0 aromatic carbocycles. The number of hydrogen-bond donors (Lipinski definition) is 2. The lowest BCUT2D eigenvalue weighted by Gasteiger charge is -2.14. The Balaban J connectivity index is 1.87. The van der Waals surface area contributed by atoms with Gasteiger partial charge in [-0.2, -0.15) is 5.10 Å². The number of nitrogens with zero attached hydrogens (tertiary/aromatic N) is 3. The van der Waals surface area contributed by atoms with Crippen LogP contribution in [0.2, 0.25) is 0 Å². The molecule has 1 atom stereocenters. The van der Waals surface area contributed by atoms with Crippen molar-refractivity contribution in [1.29, 1.82) is 0 Å². The molecule has 0 radical (unpaired) electrons. The fourth-order valence-corrected chi connectivity index (χ4v) is 2.19. The molecule has 1 fully saturated rings. The monoisotopic (exact) mass is 259 g/mol. The minimum Gasteiger partial charge on any atom is -0.485 e. The van der Waals surface area contributed by atoms with Crippen LogP contribution in [0.15, 0.2) is 24.7 Å². The summed E-state index contributed by atoms with van der Waals surface area (Å²) in [5.74, 6) is 1.08. The van der Waals surface area contributed by atoms with Crippen molar-refractivity contribution in [3.8, 4) is 16.9 Å². The molecule has 2 aromatic rings. The van der Waals surface area contributed by atoms with Gasteiger partial charge in [0.15, 0.2) is 11.6 Å². The van der Waals surface area contributed by atoms with E-state index >= 15 is 0 Å². The summed E-state index contributed by atoms with van der Waals surface area (Å²) >= 11 is 0. The average Bonchev–Trinajstić information content (AvgIpc) is 3.03. The first-order valence-corrected chi connectivity index (χ1v) is 6.34. The molecule has 0 amide bonds. The Morgan fingerprint density at radius 3 is 3.00 bits per heavy atom. The number of nitrogens with two attached hydrogens (primary N) is 1. The topological polar surface area (TPSA) is 78.0 Å². The number of nitrogens with one attached hydrogen (secondary N) is 1. The molecule has 3 N–H and O–H groups in total. The van der Waals surface area contributed by atoms with E-state index in [1.165, 1.54) is 0 Å². The van der Waals surface area contributed by atoms with Gasteiger partial charge >= 0.3 is 0 Å². The molecule has 0 bridgehead atoms. The predicted molar refractivity (Wildman–Crippen MR) is 72.8 cm³/mol. The number of anilines is 1. The van der Waals surface area contributed by atoms with E-state index in [0.29, 0.717) is 11.6 Å². The molecule has 3 heterocycles. The largest absolute Gasteiger partial charge is 0.485 e. The first-order chi connectivity index (χ1) is 9.22. The second-order valence-corrected chi connectivity index (χ2v) is 4.74. The van der Waals surface area contributed by atoms with E-state index in [1.807, 2.05) is 19.3 Å². The van der Waals surface area contributed by atoms with E-state index in [-0.39, 0.29) is 6.10 Å². The Bertz CT molecular complexity index is 574. The highest BCUT2D eigenvalue weighted by molar-refractivity contribution is 5.65. The SMILES string of the molecule is Cn1cc(-c2cnc(N)c(O[C@@H]3CCNC3)c2)cn1. The molecule has 100 valence electrons. The van der Waals surface area contributed by atoms with Gasteiger partial charge in [0.1, 0.15) is 6.10 Å². The van der Waals surface area contributed by atoms with Gasteiger partial charge in [0.2, 0.25) is 0 Å². The Kier molecular flexibility index (Phi) is 3.08. The molecular formula is C13H17N5O. The van der Waals surface area contributed by atoms with E-state index < -0.39 is 0 Å². The van der Waals surface area contributed by atoms with Crippen LogP contribution < -0.4 is 15.8 Å². The Labute approximate surface area is 111 Å². The van der Waals surface area contributed by atoms with Crippen LogP contribution in [0.25, 0.3) is 11.1 Å². The molecule has 1 aliphatic rings. The van der Waals surface area contributed by atoms with Gasteiger partial charge in [-0.05, 0) is 19.0 Å². The highest BCUT2D eigenvalue weighted by Crippen LogP contribution is 2.28. The average molecular weight is 259 g/mol.